The zero-order chi connectivity index (χ0) is 20.1. The normalized spacial score (nSPS) is 31.4. The van der Waals surface area contributed by atoms with E-state index in [0.29, 0.717) is 31.2 Å². The summed E-state index contributed by atoms with van der Waals surface area (Å²) in [7, 11) is 0. The number of carbonyl (C=O) groups is 2. The van der Waals surface area contributed by atoms with E-state index in [4.69, 9.17) is 5.73 Å². The van der Waals surface area contributed by atoms with Crippen LogP contribution in [0.15, 0.2) is 10.9 Å². The molecule has 1 aromatic rings. The molecular weight excluding hydrogens is 372 g/mol. The summed E-state index contributed by atoms with van der Waals surface area (Å²) in [5, 5.41) is 3.10. The Morgan fingerprint density at radius 1 is 1.24 bits per heavy atom. The van der Waals surface area contributed by atoms with Gasteiger partial charge in [-0.25, -0.2) is 0 Å². The van der Waals surface area contributed by atoms with Crippen LogP contribution in [0.4, 0.5) is 11.8 Å². The number of carbonyl (C=O) groups excluding carboxylic acids is 2. The van der Waals surface area contributed by atoms with Crippen molar-refractivity contribution in [1.82, 2.24) is 20.2 Å². The summed E-state index contributed by atoms with van der Waals surface area (Å²) < 4.78 is 0. The molecule has 156 valence electrons. The number of aromatic nitrogens is 2. The highest BCUT2D eigenvalue weighted by molar-refractivity contribution is 5.81. The molecule has 1 aromatic heterocycles. The predicted octanol–water partition coefficient (Wildman–Crippen LogP) is 0.0841. The third-order valence-electron chi connectivity index (χ3n) is 7.00. The SMILES string of the molecule is Nc1nc(N2C[C@H]3C[C@@H](C2)[C@H](CNC(=O)C2CC2)N2C(=O)CCC[C@@H]32)cc(=O)[nH]1. The maximum absolute atomic E-state index is 12.8. The molecule has 0 spiro atoms. The molecule has 4 aliphatic rings. The molecule has 4 fully saturated rings. The van der Waals surface area contributed by atoms with E-state index in [9.17, 15) is 14.4 Å². The summed E-state index contributed by atoms with van der Waals surface area (Å²) in [6, 6.07) is 1.68. The number of anilines is 2. The monoisotopic (exact) mass is 400 g/mol. The maximum Gasteiger partial charge on any atom is 0.254 e. The zero-order valence-corrected chi connectivity index (χ0v) is 16.5. The van der Waals surface area contributed by atoms with Crippen LogP contribution in [0.25, 0.3) is 0 Å². The summed E-state index contributed by atoms with van der Waals surface area (Å²) in [5.41, 5.74) is 5.50. The Morgan fingerprint density at radius 2 is 2.03 bits per heavy atom. The summed E-state index contributed by atoms with van der Waals surface area (Å²) in [6.45, 7) is 1.97. The van der Waals surface area contributed by atoms with Gasteiger partial charge in [-0.3, -0.25) is 19.4 Å². The van der Waals surface area contributed by atoms with Gasteiger partial charge < -0.3 is 20.9 Å². The molecule has 3 saturated heterocycles. The smallest absolute Gasteiger partial charge is 0.254 e. The van der Waals surface area contributed by atoms with Crippen molar-refractivity contribution >= 4 is 23.6 Å². The van der Waals surface area contributed by atoms with Crippen molar-refractivity contribution in [1.29, 1.82) is 0 Å². The molecule has 4 N–H and O–H groups in total. The molecule has 4 atom stereocenters. The summed E-state index contributed by atoms with van der Waals surface area (Å²) in [5.74, 6) is 1.77. The van der Waals surface area contributed by atoms with E-state index in [1.54, 1.807) is 0 Å². The van der Waals surface area contributed by atoms with Crippen molar-refractivity contribution < 1.29 is 9.59 Å². The average Bonchev–Trinajstić information content (AvgIpc) is 3.52. The Kier molecular flexibility index (Phi) is 4.48. The van der Waals surface area contributed by atoms with Gasteiger partial charge in [0.05, 0.1) is 6.04 Å². The van der Waals surface area contributed by atoms with Crippen LogP contribution in [0, 0.1) is 17.8 Å². The largest absolute Gasteiger partial charge is 0.369 e. The number of aromatic amines is 1. The molecule has 4 heterocycles. The van der Waals surface area contributed by atoms with Gasteiger partial charge in [-0.05, 0) is 43.9 Å². The highest BCUT2D eigenvalue weighted by Crippen LogP contribution is 2.42. The fourth-order valence-corrected chi connectivity index (χ4v) is 5.54. The van der Waals surface area contributed by atoms with Crippen molar-refractivity contribution in [3.63, 3.8) is 0 Å². The van der Waals surface area contributed by atoms with Gasteiger partial charge in [-0.15, -0.1) is 0 Å². The molecule has 5 rings (SSSR count). The first-order chi connectivity index (χ1) is 14.0. The van der Waals surface area contributed by atoms with Crippen molar-refractivity contribution in [2.45, 2.75) is 50.6 Å². The number of hydrogen-bond acceptors (Lipinski definition) is 6. The number of nitrogens with one attached hydrogen (secondary N) is 2. The lowest BCUT2D eigenvalue weighted by Gasteiger charge is -2.56. The predicted molar refractivity (Wildman–Crippen MR) is 107 cm³/mol. The fourth-order valence-electron chi connectivity index (χ4n) is 5.54. The number of fused-ring (bicyclic) bond motifs is 4. The first kappa shape index (κ1) is 18.4. The zero-order valence-electron chi connectivity index (χ0n) is 16.5. The molecule has 2 amide bonds. The topological polar surface area (TPSA) is 124 Å². The highest BCUT2D eigenvalue weighted by Gasteiger charge is 2.49. The minimum absolute atomic E-state index is 0.00565. The molecular formula is C20H28N6O3. The van der Waals surface area contributed by atoms with Crippen LogP contribution in [-0.4, -0.2) is 58.4 Å². The van der Waals surface area contributed by atoms with Gasteiger partial charge in [0.2, 0.25) is 17.8 Å². The lowest BCUT2D eigenvalue weighted by Crippen LogP contribution is -2.67. The van der Waals surface area contributed by atoms with E-state index < -0.39 is 0 Å². The number of nitrogens with zero attached hydrogens (tertiary/aromatic N) is 3. The summed E-state index contributed by atoms with van der Waals surface area (Å²) >= 11 is 0. The maximum atomic E-state index is 12.8. The fraction of sp³-hybridized carbons (Fsp3) is 0.700. The Labute approximate surface area is 169 Å². The van der Waals surface area contributed by atoms with Crippen molar-refractivity contribution in [2.24, 2.45) is 17.8 Å². The molecule has 1 aliphatic carbocycles. The van der Waals surface area contributed by atoms with Gasteiger partial charge in [0.25, 0.3) is 5.56 Å². The molecule has 29 heavy (non-hydrogen) atoms. The van der Waals surface area contributed by atoms with Crippen LogP contribution in [0.3, 0.4) is 0 Å². The van der Waals surface area contributed by atoms with Crippen LogP contribution in [0.5, 0.6) is 0 Å². The molecule has 9 nitrogen and oxygen atoms in total. The number of nitrogen functional groups attached to an aromatic ring is 1. The molecule has 0 radical (unpaired) electrons. The first-order valence-corrected chi connectivity index (χ1v) is 10.7. The second kappa shape index (κ2) is 7.03. The van der Waals surface area contributed by atoms with Gasteiger partial charge in [0.1, 0.15) is 5.82 Å². The lowest BCUT2D eigenvalue weighted by molar-refractivity contribution is -0.149. The van der Waals surface area contributed by atoms with Gasteiger partial charge >= 0.3 is 0 Å². The Bertz CT molecular complexity index is 881. The number of H-pyrrole nitrogens is 1. The molecule has 2 bridgehead atoms. The van der Waals surface area contributed by atoms with Gasteiger partial charge in [0.15, 0.2) is 0 Å². The first-order valence-electron chi connectivity index (χ1n) is 10.7. The second-order valence-corrected chi connectivity index (χ2v) is 9.00. The number of piperidine rings is 3. The molecule has 0 unspecified atom stereocenters. The Hall–Kier alpha value is -2.58. The van der Waals surface area contributed by atoms with Crippen LogP contribution in [0.1, 0.15) is 38.5 Å². The van der Waals surface area contributed by atoms with Crippen LogP contribution in [-0.2, 0) is 9.59 Å². The third-order valence-corrected chi connectivity index (χ3v) is 7.00. The second-order valence-electron chi connectivity index (χ2n) is 9.00. The molecule has 9 heteroatoms. The van der Waals surface area contributed by atoms with Crippen LogP contribution < -0.4 is 21.5 Å². The van der Waals surface area contributed by atoms with E-state index in [1.807, 2.05) is 0 Å². The Morgan fingerprint density at radius 3 is 2.79 bits per heavy atom. The summed E-state index contributed by atoms with van der Waals surface area (Å²) in [4.78, 5) is 48.0. The number of rotatable bonds is 4. The number of hydrogen-bond donors (Lipinski definition) is 3. The average molecular weight is 400 g/mol. The van der Waals surface area contributed by atoms with E-state index in [2.05, 4.69) is 25.1 Å². The highest BCUT2D eigenvalue weighted by atomic mass is 16.2. The molecule has 3 aliphatic heterocycles. The molecule has 0 aromatic carbocycles. The lowest BCUT2D eigenvalue weighted by atomic mass is 9.72. The van der Waals surface area contributed by atoms with E-state index >= 15 is 0 Å². The third kappa shape index (κ3) is 3.47. The van der Waals surface area contributed by atoms with Crippen LogP contribution in [0.2, 0.25) is 0 Å². The minimum atomic E-state index is -0.258. The van der Waals surface area contributed by atoms with E-state index in [0.717, 1.165) is 38.6 Å². The number of amides is 2. The standard InChI is InChI=1S/C20H28N6O3/c21-20-23-16(7-17(27)24-20)25-9-12-6-13(10-25)15(8-22-19(29)11-4-5-11)26-14(12)2-1-3-18(26)28/h7,11-15H,1-6,8-10H2,(H,22,29)(H3,21,23,24,27)/t12-,13+,14+,15+/m1/s1. The Balaban J connectivity index is 1.41. The van der Waals surface area contributed by atoms with E-state index in [1.165, 1.54) is 6.07 Å². The van der Waals surface area contributed by atoms with Gasteiger partial charge in [-0.1, -0.05) is 0 Å². The number of nitrogens with two attached hydrogens (primary N) is 1. The van der Waals surface area contributed by atoms with Gasteiger partial charge in [0, 0.05) is 44.1 Å². The minimum Gasteiger partial charge on any atom is -0.369 e. The van der Waals surface area contributed by atoms with E-state index in [-0.39, 0.29) is 47.2 Å². The quantitative estimate of drug-likeness (QED) is 0.658. The summed E-state index contributed by atoms with van der Waals surface area (Å²) in [6.07, 6.45) is 5.48. The van der Waals surface area contributed by atoms with Gasteiger partial charge in [-0.2, -0.15) is 4.98 Å². The van der Waals surface area contributed by atoms with Crippen molar-refractivity contribution in [3.8, 4) is 0 Å². The van der Waals surface area contributed by atoms with Crippen LogP contribution >= 0.6 is 0 Å². The van der Waals surface area contributed by atoms with Crippen molar-refractivity contribution in [2.75, 3.05) is 30.3 Å². The molecule has 1 saturated carbocycles. The van der Waals surface area contributed by atoms with Crippen molar-refractivity contribution in [3.05, 3.63) is 16.4 Å².